The smallest absolute Gasteiger partial charge is 0.271 e. The minimum Gasteiger partial charge on any atom is -0.350 e. The van der Waals surface area contributed by atoms with E-state index < -0.39 is 5.82 Å². The Kier molecular flexibility index (Phi) is 5.06. The van der Waals surface area contributed by atoms with Crippen LogP contribution in [0, 0.1) is 11.7 Å². The average Bonchev–Trinajstić information content (AvgIpc) is 2.96. The summed E-state index contributed by atoms with van der Waals surface area (Å²) in [4.78, 5) is 22.2. The summed E-state index contributed by atoms with van der Waals surface area (Å²) in [5.74, 6) is -0.480. The molecule has 7 heteroatoms. The molecule has 2 aromatic rings. The largest absolute Gasteiger partial charge is 0.350 e. The Morgan fingerprint density at radius 2 is 2.29 bits per heavy atom. The number of amides is 1. The van der Waals surface area contributed by atoms with Crippen LogP contribution in [0.3, 0.4) is 0 Å². The van der Waals surface area contributed by atoms with Gasteiger partial charge in [0.25, 0.3) is 5.91 Å². The van der Waals surface area contributed by atoms with Crippen LogP contribution in [0.5, 0.6) is 0 Å². The molecule has 1 N–H and O–H groups in total. The molecule has 3 rings (SSSR count). The van der Waals surface area contributed by atoms with Gasteiger partial charge in [-0.3, -0.25) is 14.7 Å². The van der Waals surface area contributed by atoms with Crippen molar-refractivity contribution in [2.45, 2.75) is 12.5 Å². The van der Waals surface area contributed by atoms with Crippen LogP contribution in [0.15, 0.2) is 36.8 Å². The van der Waals surface area contributed by atoms with Crippen LogP contribution in [0.4, 0.5) is 4.39 Å². The first-order chi connectivity index (χ1) is 11.6. The Balaban J connectivity index is 1.70. The molecule has 1 saturated heterocycles. The van der Waals surface area contributed by atoms with E-state index >= 15 is 0 Å². The van der Waals surface area contributed by atoms with Gasteiger partial charge in [-0.05, 0) is 43.6 Å². The van der Waals surface area contributed by atoms with Crippen LogP contribution in [0.2, 0.25) is 5.02 Å². The SMILES string of the molecule is CN1CC[C@@H](CNC(=O)c2cnccn2)[C@@H]1c1ccc(Cl)c(F)c1. The fourth-order valence-corrected chi connectivity index (χ4v) is 3.31. The highest BCUT2D eigenvalue weighted by molar-refractivity contribution is 6.30. The first kappa shape index (κ1) is 16.8. The summed E-state index contributed by atoms with van der Waals surface area (Å²) in [6, 6.07) is 4.94. The van der Waals surface area contributed by atoms with E-state index in [0.717, 1.165) is 18.5 Å². The summed E-state index contributed by atoms with van der Waals surface area (Å²) < 4.78 is 13.8. The van der Waals surface area contributed by atoms with Crippen molar-refractivity contribution >= 4 is 17.5 Å². The third-order valence-electron chi connectivity index (χ3n) is 4.38. The zero-order valence-corrected chi connectivity index (χ0v) is 14.0. The summed E-state index contributed by atoms with van der Waals surface area (Å²) in [5, 5.41) is 3.02. The number of benzene rings is 1. The van der Waals surface area contributed by atoms with Crippen molar-refractivity contribution in [3.05, 3.63) is 58.9 Å². The third-order valence-corrected chi connectivity index (χ3v) is 4.69. The van der Waals surface area contributed by atoms with Gasteiger partial charge in [-0.1, -0.05) is 17.7 Å². The van der Waals surface area contributed by atoms with Gasteiger partial charge in [0.1, 0.15) is 11.5 Å². The van der Waals surface area contributed by atoms with E-state index in [1.165, 1.54) is 24.7 Å². The first-order valence-electron chi connectivity index (χ1n) is 7.75. The normalized spacial score (nSPS) is 21.0. The molecular formula is C17H18ClFN4O. The minimum absolute atomic E-state index is 0.0407. The standard InChI is InChI=1S/C17H18ClFN4O/c1-23-7-4-12(9-22-17(24)15-10-20-5-6-21-15)16(23)11-2-3-13(18)14(19)8-11/h2-3,5-6,8,10,12,16H,4,7,9H2,1H3,(H,22,24)/t12-,16-/m0/s1. The maximum Gasteiger partial charge on any atom is 0.271 e. The average molecular weight is 349 g/mol. The van der Waals surface area contributed by atoms with E-state index in [1.54, 1.807) is 6.07 Å². The summed E-state index contributed by atoms with van der Waals surface area (Å²) in [5.41, 5.74) is 1.16. The van der Waals surface area contributed by atoms with E-state index in [1.807, 2.05) is 13.1 Å². The number of nitrogens with one attached hydrogen (secondary N) is 1. The number of carbonyl (C=O) groups is 1. The van der Waals surface area contributed by atoms with Crippen LogP contribution in [0.1, 0.15) is 28.5 Å². The van der Waals surface area contributed by atoms with Gasteiger partial charge in [-0.2, -0.15) is 0 Å². The second-order valence-corrected chi connectivity index (χ2v) is 6.36. The third kappa shape index (κ3) is 3.55. The molecule has 2 heterocycles. The second-order valence-electron chi connectivity index (χ2n) is 5.95. The highest BCUT2D eigenvalue weighted by Crippen LogP contribution is 2.36. The first-order valence-corrected chi connectivity index (χ1v) is 8.13. The molecule has 2 atom stereocenters. The lowest BCUT2D eigenvalue weighted by Crippen LogP contribution is -2.32. The van der Waals surface area contributed by atoms with Gasteiger partial charge in [-0.15, -0.1) is 0 Å². The number of hydrogen-bond acceptors (Lipinski definition) is 4. The Morgan fingerprint density at radius 3 is 3.00 bits per heavy atom. The quantitative estimate of drug-likeness (QED) is 0.923. The number of carbonyl (C=O) groups excluding carboxylic acids is 1. The molecule has 24 heavy (non-hydrogen) atoms. The van der Waals surface area contributed by atoms with Gasteiger partial charge in [0.05, 0.1) is 11.2 Å². The summed E-state index contributed by atoms with van der Waals surface area (Å²) in [7, 11) is 2.00. The summed E-state index contributed by atoms with van der Waals surface area (Å²) >= 11 is 5.77. The Labute approximate surface area is 144 Å². The molecule has 1 aromatic heterocycles. The number of nitrogens with zero attached hydrogens (tertiary/aromatic N) is 3. The molecular weight excluding hydrogens is 331 g/mol. The Bertz CT molecular complexity index is 728. The minimum atomic E-state index is -0.420. The topological polar surface area (TPSA) is 58.1 Å². The lowest BCUT2D eigenvalue weighted by atomic mass is 9.93. The molecule has 1 fully saturated rings. The summed E-state index contributed by atoms with van der Waals surface area (Å²) in [6.07, 6.45) is 5.36. The molecule has 1 amide bonds. The fourth-order valence-electron chi connectivity index (χ4n) is 3.19. The molecule has 0 saturated carbocycles. The molecule has 0 spiro atoms. The van der Waals surface area contributed by atoms with Crippen molar-refractivity contribution in [1.82, 2.24) is 20.2 Å². The van der Waals surface area contributed by atoms with Crippen molar-refractivity contribution in [1.29, 1.82) is 0 Å². The molecule has 1 aromatic carbocycles. The molecule has 126 valence electrons. The molecule has 1 aliphatic heterocycles. The predicted molar refractivity (Wildman–Crippen MR) is 89.3 cm³/mol. The molecule has 0 aliphatic carbocycles. The van der Waals surface area contributed by atoms with E-state index in [9.17, 15) is 9.18 Å². The monoisotopic (exact) mass is 348 g/mol. The number of aromatic nitrogens is 2. The maximum atomic E-state index is 13.8. The zero-order valence-electron chi connectivity index (χ0n) is 13.2. The van der Waals surface area contributed by atoms with Crippen molar-refractivity contribution in [2.75, 3.05) is 20.1 Å². The number of hydrogen-bond donors (Lipinski definition) is 1. The van der Waals surface area contributed by atoms with Crippen molar-refractivity contribution < 1.29 is 9.18 Å². The fraction of sp³-hybridized carbons (Fsp3) is 0.353. The molecule has 5 nitrogen and oxygen atoms in total. The summed E-state index contributed by atoms with van der Waals surface area (Å²) in [6.45, 7) is 1.38. The van der Waals surface area contributed by atoms with Gasteiger partial charge in [-0.25, -0.2) is 9.37 Å². The van der Waals surface area contributed by atoms with Crippen LogP contribution in [-0.2, 0) is 0 Å². The maximum absolute atomic E-state index is 13.8. The van der Waals surface area contributed by atoms with Crippen LogP contribution in [0.25, 0.3) is 0 Å². The van der Waals surface area contributed by atoms with Crippen molar-refractivity contribution in [3.63, 3.8) is 0 Å². The lowest BCUT2D eigenvalue weighted by Gasteiger charge is -2.26. The number of halogens is 2. The predicted octanol–water partition coefficient (Wildman–Crippen LogP) is 2.69. The van der Waals surface area contributed by atoms with E-state index in [2.05, 4.69) is 20.2 Å². The van der Waals surface area contributed by atoms with Crippen LogP contribution >= 0.6 is 11.6 Å². The highest BCUT2D eigenvalue weighted by Gasteiger charge is 2.33. The molecule has 0 bridgehead atoms. The molecule has 1 aliphatic rings. The van der Waals surface area contributed by atoms with Gasteiger partial charge in [0, 0.05) is 25.0 Å². The van der Waals surface area contributed by atoms with Crippen molar-refractivity contribution in [2.24, 2.45) is 5.92 Å². The Hall–Kier alpha value is -2.05. The van der Waals surface area contributed by atoms with Crippen molar-refractivity contribution in [3.8, 4) is 0 Å². The zero-order chi connectivity index (χ0) is 17.1. The van der Waals surface area contributed by atoms with E-state index in [0.29, 0.717) is 6.54 Å². The van der Waals surface area contributed by atoms with E-state index in [-0.39, 0.29) is 28.6 Å². The van der Waals surface area contributed by atoms with Crippen LogP contribution < -0.4 is 5.32 Å². The highest BCUT2D eigenvalue weighted by atomic mass is 35.5. The van der Waals surface area contributed by atoms with Crippen LogP contribution in [-0.4, -0.2) is 40.9 Å². The Morgan fingerprint density at radius 1 is 1.46 bits per heavy atom. The number of likely N-dealkylation sites (tertiary alicyclic amines) is 1. The number of rotatable bonds is 4. The van der Waals surface area contributed by atoms with E-state index in [4.69, 9.17) is 11.6 Å². The lowest BCUT2D eigenvalue weighted by molar-refractivity contribution is 0.0938. The van der Waals surface area contributed by atoms with Gasteiger partial charge < -0.3 is 5.32 Å². The molecule has 0 radical (unpaired) electrons. The van der Waals surface area contributed by atoms with Gasteiger partial charge in [0.15, 0.2) is 0 Å². The van der Waals surface area contributed by atoms with Gasteiger partial charge >= 0.3 is 0 Å². The van der Waals surface area contributed by atoms with Gasteiger partial charge in [0.2, 0.25) is 0 Å². The molecule has 0 unspecified atom stereocenters. The second kappa shape index (κ2) is 7.23.